The summed E-state index contributed by atoms with van der Waals surface area (Å²) in [5.74, 6) is 0. The molecule has 0 bridgehead atoms. The van der Waals surface area contributed by atoms with Crippen LogP contribution in [0.2, 0.25) is 0 Å². The molecule has 0 aromatic heterocycles. The highest BCUT2D eigenvalue weighted by Crippen LogP contribution is 2.19. The Hall–Kier alpha value is -2.00. The number of aryl methyl sites for hydroxylation is 4. The smallest absolute Gasteiger partial charge is 0.0639 e. The van der Waals surface area contributed by atoms with Crippen molar-refractivity contribution < 1.29 is 4.74 Å². The van der Waals surface area contributed by atoms with E-state index in [-0.39, 0.29) is 7.43 Å². The molecule has 0 fully saturated rings. The Morgan fingerprint density at radius 1 is 0.667 bits per heavy atom. The third kappa shape index (κ3) is 5.57. The number of anilines is 2. The second-order valence-electron chi connectivity index (χ2n) is 6.00. The monoisotopic (exact) mass is 328 g/mol. The third-order valence-electron chi connectivity index (χ3n) is 4.06. The quantitative estimate of drug-likeness (QED) is 0.662. The molecule has 0 amide bonds. The van der Waals surface area contributed by atoms with Crippen molar-refractivity contribution in [1.82, 2.24) is 0 Å². The molecule has 0 radical (unpaired) electrons. The van der Waals surface area contributed by atoms with Gasteiger partial charge in [-0.15, -0.1) is 0 Å². The summed E-state index contributed by atoms with van der Waals surface area (Å²) in [6.07, 6.45) is 0. The first kappa shape index (κ1) is 20.0. The molecule has 0 heterocycles. The number of hydrogen-bond donors (Lipinski definition) is 2. The lowest BCUT2D eigenvalue weighted by atomic mass is 10.1. The van der Waals surface area contributed by atoms with Crippen LogP contribution < -0.4 is 10.6 Å². The van der Waals surface area contributed by atoms with Gasteiger partial charge in [0.15, 0.2) is 0 Å². The largest absolute Gasteiger partial charge is 0.382 e. The Balaban J connectivity index is 0.00000288. The molecule has 0 unspecified atom stereocenters. The molecule has 2 N–H and O–H groups in total. The molecule has 3 heteroatoms. The van der Waals surface area contributed by atoms with E-state index < -0.39 is 0 Å². The average Bonchev–Trinajstić information content (AvgIpc) is 2.51. The highest BCUT2D eigenvalue weighted by Gasteiger charge is 2.02. The Morgan fingerprint density at radius 3 is 1.33 bits per heavy atom. The minimum absolute atomic E-state index is 0. The predicted octanol–water partition coefficient (Wildman–Crippen LogP) is 5.10. The summed E-state index contributed by atoms with van der Waals surface area (Å²) < 4.78 is 5.71. The molecule has 2 rings (SSSR count). The van der Waals surface area contributed by atoms with Gasteiger partial charge < -0.3 is 15.4 Å². The zero-order valence-corrected chi connectivity index (χ0v) is 14.7. The maximum Gasteiger partial charge on any atom is 0.0639 e. The molecule has 0 aliphatic heterocycles. The van der Waals surface area contributed by atoms with Crippen LogP contribution in [0.4, 0.5) is 11.4 Å². The van der Waals surface area contributed by atoms with E-state index in [9.17, 15) is 0 Å². The maximum absolute atomic E-state index is 5.71. The van der Waals surface area contributed by atoms with Crippen molar-refractivity contribution in [2.24, 2.45) is 0 Å². The Bertz CT molecular complexity index is 542. The summed E-state index contributed by atoms with van der Waals surface area (Å²) in [5.41, 5.74) is 7.57. The van der Waals surface area contributed by atoms with Gasteiger partial charge in [-0.1, -0.05) is 43.8 Å². The van der Waals surface area contributed by atoms with Crippen LogP contribution in [0.3, 0.4) is 0 Å². The van der Waals surface area contributed by atoms with Crippen molar-refractivity contribution in [2.75, 3.05) is 36.9 Å². The van der Waals surface area contributed by atoms with E-state index in [1.807, 2.05) is 0 Å². The first-order valence-electron chi connectivity index (χ1n) is 8.27. The van der Waals surface area contributed by atoms with Crippen molar-refractivity contribution in [3.8, 4) is 0 Å². The summed E-state index contributed by atoms with van der Waals surface area (Å²) in [4.78, 5) is 0. The van der Waals surface area contributed by atoms with Crippen molar-refractivity contribution in [3.05, 3.63) is 58.7 Å². The van der Waals surface area contributed by atoms with E-state index in [1.54, 1.807) is 0 Å². The lowest BCUT2D eigenvalue weighted by Crippen LogP contribution is -2.16. The molecule has 2 aromatic rings. The topological polar surface area (TPSA) is 33.3 Å². The van der Waals surface area contributed by atoms with Gasteiger partial charge in [0.2, 0.25) is 0 Å². The van der Waals surface area contributed by atoms with Crippen LogP contribution in [-0.4, -0.2) is 26.3 Å². The van der Waals surface area contributed by atoms with E-state index in [0.29, 0.717) is 13.2 Å². The highest BCUT2D eigenvalue weighted by molar-refractivity contribution is 5.57. The van der Waals surface area contributed by atoms with Crippen molar-refractivity contribution >= 4 is 11.4 Å². The normalized spacial score (nSPS) is 10.2. The fraction of sp³-hybridized carbons (Fsp3) is 0.429. The van der Waals surface area contributed by atoms with Gasteiger partial charge in [-0.3, -0.25) is 0 Å². The maximum atomic E-state index is 5.71. The van der Waals surface area contributed by atoms with E-state index in [2.05, 4.69) is 74.7 Å². The first-order chi connectivity index (χ1) is 11.1. The summed E-state index contributed by atoms with van der Waals surface area (Å²) >= 11 is 0. The molecule has 2 aromatic carbocycles. The van der Waals surface area contributed by atoms with Crippen LogP contribution in [0.1, 0.15) is 29.7 Å². The molecule has 0 saturated heterocycles. The fourth-order valence-corrected chi connectivity index (χ4v) is 2.79. The predicted molar refractivity (Wildman–Crippen MR) is 106 cm³/mol. The summed E-state index contributed by atoms with van der Waals surface area (Å²) in [6.45, 7) is 11.6. The van der Waals surface area contributed by atoms with Gasteiger partial charge in [0.1, 0.15) is 0 Å². The molecule has 0 spiro atoms. The van der Waals surface area contributed by atoms with Crippen LogP contribution in [0.25, 0.3) is 0 Å². The fourth-order valence-electron chi connectivity index (χ4n) is 2.79. The van der Waals surface area contributed by atoms with Crippen LogP contribution in [0.5, 0.6) is 0 Å². The van der Waals surface area contributed by atoms with Gasteiger partial charge >= 0.3 is 0 Å². The van der Waals surface area contributed by atoms with Gasteiger partial charge in [0.05, 0.1) is 13.2 Å². The zero-order chi connectivity index (χ0) is 16.7. The SMILES string of the molecule is C.Cc1cccc(C)c1NCCOCCNc1c(C)cccc1C. The van der Waals surface area contributed by atoms with Crippen molar-refractivity contribution in [2.45, 2.75) is 35.1 Å². The van der Waals surface area contributed by atoms with Gasteiger partial charge in [0, 0.05) is 24.5 Å². The van der Waals surface area contributed by atoms with Gasteiger partial charge in [0.25, 0.3) is 0 Å². The van der Waals surface area contributed by atoms with E-state index >= 15 is 0 Å². The molecule has 132 valence electrons. The second kappa shape index (κ2) is 9.99. The van der Waals surface area contributed by atoms with Crippen LogP contribution in [-0.2, 0) is 4.74 Å². The Kier molecular flexibility index (Phi) is 8.34. The lowest BCUT2D eigenvalue weighted by Gasteiger charge is -2.14. The van der Waals surface area contributed by atoms with Crippen LogP contribution in [0, 0.1) is 27.7 Å². The Labute approximate surface area is 147 Å². The van der Waals surface area contributed by atoms with Crippen LogP contribution >= 0.6 is 0 Å². The second-order valence-corrected chi connectivity index (χ2v) is 6.00. The first-order valence-corrected chi connectivity index (χ1v) is 8.27. The molecular formula is C21H32N2O. The molecule has 0 aliphatic carbocycles. The molecule has 0 saturated carbocycles. The van der Waals surface area contributed by atoms with Gasteiger partial charge in [-0.2, -0.15) is 0 Å². The van der Waals surface area contributed by atoms with Crippen molar-refractivity contribution in [1.29, 1.82) is 0 Å². The number of nitrogens with one attached hydrogen (secondary N) is 2. The number of benzene rings is 2. The molecule has 24 heavy (non-hydrogen) atoms. The number of rotatable bonds is 8. The molecule has 0 atom stereocenters. The highest BCUT2D eigenvalue weighted by atomic mass is 16.5. The van der Waals surface area contributed by atoms with E-state index in [0.717, 1.165) is 13.1 Å². The van der Waals surface area contributed by atoms with Crippen molar-refractivity contribution in [3.63, 3.8) is 0 Å². The average molecular weight is 328 g/mol. The van der Waals surface area contributed by atoms with E-state index in [1.165, 1.54) is 33.6 Å². The summed E-state index contributed by atoms with van der Waals surface area (Å²) in [7, 11) is 0. The van der Waals surface area contributed by atoms with Crippen LogP contribution in [0.15, 0.2) is 36.4 Å². The Morgan fingerprint density at radius 2 is 1.00 bits per heavy atom. The number of hydrogen-bond acceptors (Lipinski definition) is 3. The summed E-state index contributed by atoms with van der Waals surface area (Å²) in [6, 6.07) is 12.7. The van der Waals surface area contributed by atoms with Gasteiger partial charge in [-0.25, -0.2) is 0 Å². The zero-order valence-electron chi connectivity index (χ0n) is 14.7. The molecule has 0 aliphatic rings. The number of ether oxygens (including phenoxy) is 1. The third-order valence-corrected chi connectivity index (χ3v) is 4.06. The standard InChI is InChI=1S/C20H28N2O.CH4/c1-15-7-5-8-16(2)19(15)21-11-13-23-14-12-22-20-17(3)9-6-10-18(20)4;/h5-10,21-22H,11-14H2,1-4H3;1H4. The lowest BCUT2D eigenvalue weighted by molar-refractivity contribution is 0.154. The molecular weight excluding hydrogens is 296 g/mol. The minimum Gasteiger partial charge on any atom is -0.382 e. The van der Waals surface area contributed by atoms with E-state index in [4.69, 9.17) is 4.74 Å². The number of para-hydroxylation sites is 2. The molecule has 3 nitrogen and oxygen atoms in total. The van der Waals surface area contributed by atoms with Gasteiger partial charge in [-0.05, 0) is 49.9 Å². The minimum atomic E-state index is 0. The summed E-state index contributed by atoms with van der Waals surface area (Å²) in [5, 5.41) is 6.93.